The van der Waals surface area contributed by atoms with E-state index in [2.05, 4.69) is 15.1 Å². The fourth-order valence-electron chi connectivity index (χ4n) is 3.73. The molecule has 8 nitrogen and oxygen atoms in total. The quantitative estimate of drug-likeness (QED) is 0.633. The summed E-state index contributed by atoms with van der Waals surface area (Å²) in [7, 11) is 0. The van der Waals surface area contributed by atoms with Crippen LogP contribution >= 0.6 is 0 Å². The molecule has 1 aliphatic heterocycles. The van der Waals surface area contributed by atoms with Gasteiger partial charge in [-0.1, -0.05) is 0 Å². The Morgan fingerprint density at radius 3 is 2.48 bits per heavy atom. The van der Waals surface area contributed by atoms with Gasteiger partial charge >= 0.3 is 0 Å². The highest BCUT2D eigenvalue weighted by Crippen LogP contribution is 2.30. The van der Waals surface area contributed by atoms with Gasteiger partial charge in [0.05, 0.1) is 12.2 Å². The average Bonchev–Trinajstić information content (AvgIpc) is 3.53. The first-order chi connectivity index (χ1) is 14.2. The molecule has 1 saturated heterocycles. The van der Waals surface area contributed by atoms with Crippen LogP contribution in [-0.2, 0) is 13.1 Å². The van der Waals surface area contributed by atoms with E-state index in [-0.39, 0.29) is 17.0 Å². The molecule has 0 unspecified atom stereocenters. The van der Waals surface area contributed by atoms with Crippen molar-refractivity contribution in [2.75, 3.05) is 18.0 Å². The number of anilines is 1. The van der Waals surface area contributed by atoms with Gasteiger partial charge < -0.3 is 9.47 Å². The van der Waals surface area contributed by atoms with Crippen molar-refractivity contribution in [1.82, 2.24) is 24.3 Å². The fraction of sp³-hybridized carbons (Fsp3) is 0.381. The second-order valence-corrected chi connectivity index (χ2v) is 7.90. The fourth-order valence-corrected chi connectivity index (χ4v) is 3.73. The molecule has 0 N–H and O–H groups in total. The Morgan fingerprint density at radius 1 is 0.931 bits per heavy atom. The van der Waals surface area contributed by atoms with Gasteiger partial charge in [-0.25, -0.2) is 9.67 Å². The lowest BCUT2D eigenvalue weighted by Crippen LogP contribution is -2.52. The van der Waals surface area contributed by atoms with Crippen LogP contribution < -0.4 is 16.0 Å². The van der Waals surface area contributed by atoms with Gasteiger partial charge in [-0.2, -0.15) is 5.10 Å². The monoisotopic (exact) mass is 390 g/mol. The highest BCUT2D eigenvalue weighted by atomic mass is 16.1. The van der Waals surface area contributed by atoms with Crippen LogP contribution in [0.4, 0.5) is 5.82 Å². The molecule has 2 aliphatic rings. The maximum absolute atomic E-state index is 12.7. The minimum atomic E-state index is -0.120. The van der Waals surface area contributed by atoms with Crippen molar-refractivity contribution >= 4 is 5.82 Å². The predicted octanol–water partition coefficient (Wildman–Crippen LogP) is 1.41. The third-order valence-electron chi connectivity index (χ3n) is 5.58. The molecule has 0 amide bonds. The molecule has 5 rings (SSSR count). The van der Waals surface area contributed by atoms with Crippen molar-refractivity contribution < 1.29 is 0 Å². The largest absolute Gasteiger partial charge is 0.351 e. The van der Waals surface area contributed by atoms with Gasteiger partial charge in [0, 0.05) is 62.0 Å². The Balaban J connectivity index is 1.28. The molecular weight excluding hydrogens is 368 g/mol. The summed E-state index contributed by atoms with van der Waals surface area (Å²) in [5.74, 6) is 1.40. The van der Waals surface area contributed by atoms with Crippen LogP contribution in [0.3, 0.4) is 0 Å². The van der Waals surface area contributed by atoms with Crippen molar-refractivity contribution in [3.8, 4) is 11.3 Å². The van der Waals surface area contributed by atoms with Crippen LogP contribution in [0.1, 0.15) is 12.8 Å². The molecule has 0 spiro atoms. The standard InChI is InChI=1S/C21H22N6O2/c28-19-4-3-18(17-5-7-22-8-6-17)24-27(19)14-16-12-26(13-16)20-21(29)25(10-9-23-20)11-15-1-2-15/h3-10,15-16H,1-2,11-14H2. The van der Waals surface area contributed by atoms with Gasteiger partial charge in [0.2, 0.25) is 0 Å². The van der Waals surface area contributed by atoms with Crippen molar-refractivity contribution in [1.29, 1.82) is 0 Å². The summed E-state index contributed by atoms with van der Waals surface area (Å²) in [6.45, 7) is 2.71. The molecule has 0 bridgehead atoms. The van der Waals surface area contributed by atoms with Gasteiger partial charge in [0.1, 0.15) is 0 Å². The van der Waals surface area contributed by atoms with Crippen molar-refractivity contribution in [3.05, 3.63) is 69.8 Å². The van der Waals surface area contributed by atoms with E-state index in [1.54, 1.807) is 41.5 Å². The van der Waals surface area contributed by atoms with Crippen molar-refractivity contribution in [2.24, 2.45) is 11.8 Å². The number of nitrogens with zero attached hydrogens (tertiary/aromatic N) is 6. The van der Waals surface area contributed by atoms with Gasteiger partial charge in [-0.3, -0.25) is 14.6 Å². The first kappa shape index (κ1) is 17.8. The minimum absolute atomic E-state index is 0.0205. The summed E-state index contributed by atoms with van der Waals surface area (Å²) in [5, 5.41) is 4.51. The summed E-state index contributed by atoms with van der Waals surface area (Å²) >= 11 is 0. The van der Waals surface area contributed by atoms with Crippen LogP contribution in [-0.4, -0.2) is 37.4 Å². The Morgan fingerprint density at radius 2 is 1.72 bits per heavy atom. The second kappa shape index (κ2) is 7.27. The number of aromatic nitrogens is 5. The van der Waals surface area contributed by atoms with E-state index < -0.39 is 0 Å². The van der Waals surface area contributed by atoms with Gasteiger partial charge in [0.25, 0.3) is 11.1 Å². The SMILES string of the molecule is O=c1c(N2CC(Cn3nc(-c4ccncc4)ccc3=O)C2)nccn1CC1CC1. The van der Waals surface area contributed by atoms with E-state index >= 15 is 0 Å². The van der Waals surface area contributed by atoms with E-state index in [4.69, 9.17) is 0 Å². The highest BCUT2D eigenvalue weighted by Gasteiger charge is 2.31. The lowest BCUT2D eigenvalue weighted by Gasteiger charge is -2.39. The van der Waals surface area contributed by atoms with E-state index in [1.807, 2.05) is 17.0 Å². The highest BCUT2D eigenvalue weighted by molar-refractivity contribution is 5.57. The third kappa shape index (κ3) is 3.70. The molecule has 4 heterocycles. The zero-order chi connectivity index (χ0) is 19.8. The van der Waals surface area contributed by atoms with Crippen LogP contribution in [0, 0.1) is 11.8 Å². The maximum Gasteiger partial charge on any atom is 0.293 e. The summed E-state index contributed by atoms with van der Waals surface area (Å²) < 4.78 is 3.29. The summed E-state index contributed by atoms with van der Waals surface area (Å²) in [5.41, 5.74) is 1.53. The lowest BCUT2D eigenvalue weighted by molar-refractivity contribution is 0.332. The smallest absolute Gasteiger partial charge is 0.293 e. The van der Waals surface area contributed by atoms with Crippen LogP contribution in [0.2, 0.25) is 0 Å². The Labute approximate surface area is 167 Å². The van der Waals surface area contributed by atoms with E-state index in [0.29, 0.717) is 31.4 Å². The molecule has 3 aromatic rings. The lowest BCUT2D eigenvalue weighted by atomic mass is 10.0. The van der Waals surface area contributed by atoms with E-state index in [1.165, 1.54) is 17.5 Å². The van der Waals surface area contributed by atoms with Gasteiger partial charge in [-0.05, 0) is 37.0 Å². The van der Waals surface area contributed by atoms with Crippen LogP contribution in [0.5, 0.6) is 0 Å². The second-order valence-electron chi connectivity index (χ2n) is 7.90. The normalized spacial score (nSPS) is 16.6. The van der Waals surface area contributed by atoms with Crippen LogP contribution in [0.15, 0.2) is 58.6 Å². The maximum atomic E-state index is 12.7. The molecule has 0 radical (unpaired) electrons. The van der Waals surface area contributed by atoms with E-state index in [0.717, 1.165) is 17.8 Å². The van der Waals surface area contributed by atoms with Gasteiger partial charge in [0.15, 0.2) is 5.82 Å². The van der Waals surface area contributed by atoms with Gasteiger partial charge in [-0.15, -0.1) is 0 Å². The topological polar surface area (TPSA) is 85.9 Å². The molecule has 3 aromatic heterocycles. The molecule has 1 aliphatic carbocycles. The van der Waals surface area contributed by atoms with Crippen molar-refractivity contribution in [2.45, 2.75) is 25.9 Å². The average molecular weight is 390 g/mol. The van der Waals surface area contributed by atoms with E-state index in [9.17, 15) is 9.59 Å². The summed E-state index contributed by atoms with van der Waals surface area (Å²) in [6.07, 6.45) is 9.30. The first-order valence-corrected chi connectivity index (χ1v) is 9.96. The molecule has 148 valence electrons. The molecule has 0 atom stereocenters. The Kier molecular flexibility index (Phi) is 4.46. The molecule has 29 heavy (non-hydrogen) atoms. The van der Waals surface area contributed by atoms with Crippen molar-refractivity contribution in [3.63, 3.8) is 0 Å². The number of hydrogen-bond acceptors (Lipinski definition) is 6. The molecule has 0 aromatic carbocycles. The number of rotatable bonds is 6. The predicted molar refractivity (Wildman–Crippen MR) is 109 cm³/mol. The summed E-state index contributed by atoms with van der Waals surface area (Å²) in [4.78, 5) is 35.2. The zero-order valence-corrected chi connectivity index (χ0v) is 16.0. The number of pyridine rings is 1. The molecule has 2 fully saturated rings. The third-order valence-corrected chi connectivity index (χ3v) is 5.58. The Hall–Kier alpha value is -3.29. The Bertz CT molecular complexity index is 1130. The molecule has 8 heteroatoms. The molecular formula is C21H22N6O2. The van der Waals surface area contributed by atoms with Crippen LogP contribution in [0.25, 0.3) is 11.3 Å². The zero-order valence-electron chi connectivity index (χ0n) is 16.0. The number of hydrogen-bond donors (Lipinski definition) is 0. The first-order valence-electron chi connectivity index (χ1n) is 9.96. The minimum Gasteiger partial charge on any atom is -0.351 e. The molecule has 1 saturated carbocycles. The summed E-state index contributed by atoms with van der Waals surface area (Å²) in [6, 6.07) is 7.03.